The van der Waals surface area contributed by atoms with Crippen LogP contribution in [0.3, 0.4) is 0 Å². The molecule has 4 rings (SSSR count). The molecule has 0 bridgehead atoms. The monoisotopic (exact) mass is 519 g/mol. The predicted octanol–water partition coefficient (Wildman–Crippen LogP) is 4.38. The number of aryl methyl sites for hydroxylation is 1. The minimum Gasteiger partial charge on any atom is -0.495 e. The normalized spacial score (nSPS) is 17.8. The Bertz CT molecular complexity index is 1210. The van der Waals surface area contributed by atoms with Gasteiger partial charge >= 0.3 is 0 Å². The first-order valence-electron chi connectivity index (χ1n) is 13.6. The molecule has 9 nitrogen and oxygen atoms in total. The number of hydrogen-bond acceptors (Lipinski definition) is 8. The van der Waals surface area contributed by atoms with E-state index in [1.165, 1.54) is 0 Å². The molecule has 2 aromatic rings. The Morgan fingerprint density at radius 3 is 2.55 bits per heavy atom. The second-order valence-electron chi connectivity index (χ2n) is 10.9. The fourth-order valence-corrected chi connectivity index (χ4v) is 5.00. The van der Waals surface area contributed by atoms with Crippen LogP contribution in [0.15, 0.2) is 30.1 Å². The fraction of sp³-hybridized carbons (Fsp3) is 0.517. The number of ether oxygens (including phenoxy) is 1. The number of nitrogens with zero attached hydrogens (tertiary/aromatic N) is 3. The van der Waals surface area contributed by atoms with Gasteiger partial charge in [-0.1, -0.05) is 13.8 Å². The van der Waals surface area contributed by atoms with Crippen molar-refractivity contribution >= 4 is 28.8 Å². The van der Waals surface area contributed by atoms with Crippen LogP contribution in [-0.4, -0.2) is 65.8 Å². The lowest BCUT2D eigenvalue weighted by Crippen LogP contribution is -2.43. The third-order valence-corrected chi connectivity index (χ3v) is 7.10. The molecule has 1 aliphatic heterocycles. The number of piperidine rings is 1. The van der Waals surface area contributed by atoms with Crippen molar-refractivity contribution in [2.24, 2.45) is 5.92 Å². The highest BCUT2D eigenvalue weighted by atomic mass is 16.5. The zero-order valence-electron chi connectivity index (χ0n) is 23.4. The number of aromatic nitrogens is 2. The molecule has 1 saturated heterocycles. The molecule has 0 atom stereocenters. The standard InChI is InChI=1S/C29H41N7O2/c1-17(2)26(32-18(3)4)25-22(30)9-7-20-16-31-29(35-27(20)25)34-23-10-8-19(15-24(23)38-6)28(37)33-21-11-13-36(5)14-12-21/h8,10,15-18,21,30,32H,7,9,11-14H2,1-6H3,(H,33,37)(H,31,34,35)/b26-25+,30-22?. The van der Waals surface area contributed by atoms with E-state index in [9.17, 15) is 4.79 Å². The maximum absolute atomic E-state index is 12.9. The predicted molar refractivity (Wildman–Crippen MR) is 152 cm³/mol. The van der Waals surface area contributed by atoms with E-state index in [2.05, 4.69) is 60.6 Å². The Morgan fingerprint density at radius 1 is 1.16 bits per heavy atom. The number of carbonyl (C=O) groups excluding carboxylic acids is 1. The molecule has 0 radical (unpaired) electrons. The van der Waals surface area contributed by atoms with Gasteiger partial charge in [-0.15, -0.1) is 0 Å². The number of benzene rings is 1. The molecule has 9 heteroatoms. The molecule has 1 aliphatic carbocycles. The van der Waals surface area contributed by atoms with Crippen molar-refractivity contribution in [2.75, 3.05) is 32.6 Å². The summed E-state index contributed by atoms with van der Waals surface area (Å²) in [7, 11) is 3.69. The van der Waals surface area contributed by atoms with E-state index in [0.717, 1.165) is 54.9 Å². The Labute approximate surface area is 226 Å². The lowest BCUT2D eigenvalue weighted by molar-refractivity contribution is 0.0916. The van der Waals surface area contributed by atoms with Crippen molar-refractivity contribution in [1.82, 2.24) is 25.5 Å². The van der Waals surface area contributed by atoms with Crippen molar-refractivity contribution in [2.45, 2.75) is 65.5 Å². The molecule has 4 N–H and O–H groups in total. The lowest BCUT2D eigenvalue weighted by Gasteiger charge is -2.29. The fourth-order valence-electron chi connectivity index (χ4n) is 5.00. The van der Waals surface area contributed by atoms with Gasteiger partial charge in [-0.3, -0.25) is 4.79 Å². The van der Waals surface area contributed by atoms with E-state index >= 15 is 0 Å². The zero-order valence-corrected chi connectivity index (χ0v) is 23.4. The maximum Gasteiger partial charge on any atom is 0.251 e. The lowest BCUT2D eigenvalue weighted by atomic mass is 9.86. The quantitative estimate of drug-likeness (QED) is 0.409. The maximum atomic E-state index is 12.9. The highest BCUT2D eigenvalue weighted by Gasteiger charge is 2.27. The van der Waals surface area contributed by atoms with Crippen LogP contribution in [0.1, 0.15) is 68.6 Å². The Balaban J connectivity index is 1.59. The van der Waals surface area contributed by atoms with Gasteiger partial charge in [0, 0.05) is 40.8 Å². The first-order valence-corrected chi connectivity index (χ1v) is 13.6. The van der Waals surface area contributed by atoms with Crippen LogP contribution < -0.4 is 20.7 Å². The average molecular weight is 520 g/mol. The Morgan fingerprint density at radius 2 is 1.89 bits per heavy atom. The van der Waals surface area contributed by atoms with E-state index in [1.807, 2.05) is 12.3 Å². The first kappa shape index (κ1) is 27.6. The molecule has 1 amide bonds. The van der Waals surface area contributed by atoms with Crippen molar-refractivity contribution in [1.29, 1.82) is 5.41 Å². The van der Waals surface area contributed by atoms with Crippen LogP contribution in [0.25, 0.3) is 5.57 Å². The van der Waals surface area contributed by atoms with E-state index in [-0.39, 0.29) is 23.9 Å². The molecule has 2 aliphatic rings. The molecule has 0 saturated carbocycles. The van der Waals surface area contributed by atoms with Gasteiger partial charge in [-0.2, -0.15) is 0 Å². The van der Waals surface area contributed by atoms with E-state index in [1.54, 1.807) is 19.2 Å². The van der Waals surface area contributed by atoms with Gasteiger partial charge in [-0.25, -0.2) is 9.97 Å². The number of likely N-dealkylation sites (tertiary alicyclic amines) is 1. The van der Waals surface area contributed by atoms with Crippen molar-refractivity contribution in [3.8, 4) is 5.75 Å². The van der Waals surface area contributed by atoms with Crippen LogP contribution >= 0.6 is 0 Å². The third kappa shape index (κ3) is 6.32. The topological polar surface area (TPSA) is 115 Å². The van der Waals surface area contributed by atoms with E-state index < -0.39 is 0 Å². The summed E-state index contributed by atoms with van der Waals surface area (Å²) < 4.78 is 5.62. The molecular formula is C29H41N7O2. The number of fused-ring (bicyclic) bond motifs is 1. The summed E-state index contributed by atoms with van der Waals surface area (Å²) in [4.78, 5) is 24.6. The van der Waals surface area contributed by atoms with Crippen LogP contribution in [0, 0.1) is 11.3 Å². The Kier molecular flexibility index (Phi) is 8.66. The zero-order chi connectivity index (χ0) is 27.4. The van der Waals surface area contributed by atoms with Gasteiger partial charge in [0.25, 0.3) is 5.91 Å². The number of methoxy groups -OCH3 is 1. The molecule has 0 spiro atoms. The summed E-state index contributed by atoms with van der Waals surface area (Å²) in [6, 6.07) is 5.79. The third-order valence-electron chi connectivity index (χ3n) is 7.10. The number of hydrogen-bond donors (Lipinski definition) is 4. The Hall–Kier alpha value is -3.46. The second kappa shape index (κ2) is 11.9. The highest BCUT2D eigenvalue weighted by Crippen LogP contribution is 2.33. The van der Waals surface area contributed by atoms with Crippen LogP contribution in [-0.2, 0) is 6.42 Å². The number of allylic oxidation sites excluding steroid dienone is 2. The number of nitrogens with one attached hydrogen (secondary N) is 4. The van der Waals surface area contributed by atoms with Gasteiger partial charge in [0.15, 0.2) is 0 Å². The van der Waals surface area contributed by atoms with E-state index in [4.69, 9.17) is 15.1 Å². The second-order valence-corrected chi connectivity index (χ2v) is 10.9. The molecular weight excluding hydrogens is 478 g/mol. The number of anilines is 2. The summed E-state index contributed by atoms with van der Waals surface area (Å²) in [5, 5.41) is 18.7. The van der Waals surface area contributed by atoms with Crippen molar-refractivity contribution in [3.05, 3.63) is 46.9 Å². The number of rotatable bonds is 8. The molecule has 1 aromatic carbocycles. The average Bonchev–Trinajstić information content (AvgIpc) is 2.88. The molecule has 38 heavy (non-hydrogen) atoms. The summed E-state index contributed by atoms with van der Waals surface area (Å²) >= 11 is 0. The molecule has 0 unspecified atom stereocenters. The minimum absolute atomic E-state index is 0.0957. The summed E-state index contributed by atoms with van der Waals surface area (Å²) in [6.45, 7) is 10.4. The van der Waals surface area contributed by atoms with Gasteiger partial charge in [0.1, 0.15) is 5.75 Å². The number of carbonyl (C=O) groups is 1. The molecule has 204 valence electrons. The van der Waals surface area contributed by atoms with E-state index in [0.29, 0.717) is 35.1 Å². The van der Waals surface area contributed by atoms with Crippen LogP contribution in [0.5, 0.6) is 5.75 Å². The minimum atomic E-state index is -0.0957. The van der Waals surface area contributed by atoms with Gasteiger partial charge in [0.2, 0.25) is 5.95 Å². The van der Waals surface area contributed by atoms with Gasteiger partial charge in [-0.05, 0) is 89.3 Å². The van der Waals surface area contributed by atoms with Gasteiger partial charge < -0.3 is 31.0 Å². The molecule has 2 heterocycles. The van der Waals surface area contributed by atoms with Crippen LogP contribution in [0.4, 0.5) is 11.6 Å². The largest absolute Gasteiger partial charge is 0.495 e. The molecule has 1 fully saturated rings. The summed E-state index contributed by atoms with van der Waals surface area (Å²) in [6.07, 6.45) is 5.17. The number of amides is 1. The van der Waals surface area contributed by atoms with Crippen molar-refractivity contribution in [3.63, 3.8) is 0 Å². The van der Waals surface area contributed by atoms with Gasteiger partial charge in [0.05, 0.1) is 18.5 Å². The smallest absolute Gasteiger partial charge is 0.251 e. The first-order chi connectivity index (χ1) is 18.2. The van der Waals surface area contributed by atoms with Crippen molar-refractivity contribution < 1.29 is 9.53 Å². The summed E-state index contributed by atoms with van der Waals surface area (Å²) in [5.41, 5.74) is 5.56. The summed E-state index contributed by atoms with van der Waals surface area (Å²) in [5.74, 6) is 1.08. The SMILES string of the molecule is COc1cc(C(=O)NC2CCN(C)CC2)ccc1Nc1ncc2c(n1)/C(=C(/NC(C)C)C(C)C)C(=N)CC2. The molecule has 1 aromatic heterocycles. The highest BCUT2D eigenvalue weighted by molar-refractivity contribution is 6.24. The van der Waals surface area contributed by atoms with Crippen LogP contribution in [0.2, 0.25) is 0 Å².